The maximum atomic E-state index is 12.8. The number of fused-ring (bicyclic) bond motifs is 1. The lowest BCUT2D eigenvalue weighted by Gasteiger charge is -2.14. The molecule has 3 amide bonds. The van der Waals surface area contributed by atoms with Crippen molar-refractivity contribution >= 4 is 75.0 Å². The molecule has 12 heteroatoms. The van der Waals surface area contributed by atoms with Crippen molar-refractivity contribution in [2.24, 2.45) is 0 Å². The van der Waals surface area contributed by atoms with Crippen molar-refractivity contribution in [1.82, 2.24) is 20.7 Å². The van der Waals surface area contributed by atoms with E-state index in [4.69, 9.17) is 21.4 Å². The van der Waals surface area contributed by atoms with Gasteiger partial charge in [-0.3, -0.25) is 30.1 Å². The smallest absolute Gasteiger partial charge is 0.266 e. The molecule has 1 saturated heterocycles. The van der Waals surface area contributed by atoms with Crippen LogP contribution >= 0.6 is 35.7 Å². The number of hydrogen-bond acceptors (Lipinski definition) is 9. The highest BCUT2D eigenvalue weighted by Crippen LogP contribution is 2.33. The van der Waals surface area contributed by atoms with Crippen LogP contribution in [0.5, 0.6) is 5.75 Å². The molecule has 0 aliphatic carbocycles. The van der Waals surface area contributed by atoms with E-state index in [9.17, 15) is 14.4 Å². The predicted octanol–water partition coefficient (Wildman–Crippen LogP) is 4.54. The van der Waals surface area contributed by atoms with Gasteiger partial charge < -0.3 is 9.15 Å². The molecule has 0 unspecified atom stereocenters. The van der Waals surface area contributed by atoms with E-state index in [0.717, 1.165) is 35.0 Å². The van der Waals surface area contributed by atoms with Crippen molar-refractivity contribution in [2.45, 2.75) is 30.9 Å². The summed E-state index contributed by atoms with van der Waals surface area (Å²) in [5.41, 5.74) is 7.10. The molecule has 0 atom stereocenters. The molecule has 2 aromatic carbocycles. The summed E-state index contributed by atoms with van der Waals surface area (Å²) in [6.07, 6.45) is 4.15. The number of benzene rings is 2. The second-order valence-electron chi connectivity index (χ2n) is 8.25. The maximum Gasteiger partial charge on any atom is 0.266 e. The number of nitrogens with zero attached hydrogens (tertiary/aromatic N) is 2. The minimum absolute atomic E-state index is 0.0593. The number of hydrogen-bond donors (Lipinski definition) is 2. The molecule has 0 spiro atoms. The quantitative estimate of drug-likeness (QED) is 0.113. The van der Waals surface area contributed by atoms with Gasteiger partial charge in [-0.1, -0.05) is 66.4 Å². The maximum absolute atomic E-state index is 12.8. The average Bonchev–Trinajstić information content (AvgIpc) is 3.46. The van der Waals surface area contributed by atoms with Crippen LogP contribution in [0.2, 0.25) is 0 Å². The van der Waals surface area contributed by atoms with E-state index >= 15 is 0 Å². The Labute approximate surface area is 233 Å². The number of carbonyl (C=O) groups excluding carboxylic acids is 3. The Morgan fingerprint density at radius 2 is 1.87 bits per heavy atom. The van der Waals surface area contributed by atoms with E-state index in [0.29, 0.717) is 39.4 Å². The highest BCUT2D eigenvalue weighted by Gasteiger charge is 2.31. The first-order chi connectivity index (χ1) is 18.4. The van der Waals surface area contributed by atoms with Crippen molar-refractivity contribution in [3.63, 3.8) is 0 Å². The summed E-state index contributed by atoms with van der Waals surface area (Å²) < 4.78 is 11.2. The molecule has 1 aliphatic rings. The third-order valence-electron chi connectivity index (χ3n) is 5.52. The third-order valence-corrected chi connectivity index (χ3v) is 7.72. The molecule has 4 rings (SSSR count). The number of aromatic nitrogens is 1. The summed E-state index contributed by atoms with van der Waals surface area (Å²) in [5.74, 6) is 0.0678. The van der Waals surface area contributed by atoms with E-state index < -0.39 is 0 Å². The van der Waals surface area contributed by atoms with E-state index in [2.05, 4.69) is 15.8 Å². The number of para-hydroxylation sites is 2. The van der Waals surface area contributed by atoms with Gasteiger partial charge in [-0.25, -0.2) is 4.98 Å². The number of ether oxygens (including phenoxy) is 1. The van der Waals surface area contributed by atoms with Crippen molar-refractivity contribution in [2.75, 3.05) is 19.4 Å². The Hall–Kier alpha value is -3.35. The minimum atomic E-state index is -0.359. The molecule has 0 saturated carbocycles. The number of nitrogens with one attached hydrogen (secondary N) is 2. The topological polar surface area (TPSA) is 114 Å². The summed E-state index contributed by atoms with van der Waals surface area (Å²) in [4.78, 5) is 43.3. The van der Waals surface area contributed by atoms with Gasteiger partial charge in [0.05, 0.1) is 17.8 Å². The second kappa shape index (κ2) is 13.4. The SMILES string of the molecule is COc1ccc(C=C2SC(=S)N(CCCCCC(=O)NNC(=O)CSc3nc4ccccc4o3)C2=O)cc1. The average molecular weight is 571 g/mol. The van der Waals surface area contributed by atoms with Gasteiger partial charge in [0.15, 0.2) is 5.58 Å². The van der Waals surface area contributed by atoms with Crippen LogP contribution in [0.1, 0.15) is 31.2 Å². The first-order valence-corrected chi connectivity index (χ1v) is 14.1. The van der Waals surface area contributed by atoms with Crippen molar-refractivity contribution in [1.29, 1.82) is 0 Å². The fraction of sp³-hybridized carbons (Fsp3) is 0.269. The molecule has 2 heterocycles. The van der Waals surface area contributed by atoms with Gasteiger partial charge in [-0.05, 0) is 48.7 Å². The lowest BCUT2D eigenvalue weighted by atomic mass is 10.1. The summed E-state index contributed by atoms with van der Waals surface area (Å²) in [6.45, 7) is 0.496. The Morgan fingerprint density at radius 3 is 2.63 bits per heavy atom. The Bertz CT molecular complexity index is 1320. The normalized spacial score (nSPS) is 14.3. The summed E-state index contributed by atoms with van der Waals surface area (Å²) in [7, 11) is 1.61. The molecule has 0 radical (unpaired) electrons. The molecule has 198 valence electrons. The Morgan fingerprint density at radius 1 is 1.11 bits per heavy atom. The number of hydrazine groups is 1. The van der Waals surface area contributed by atoms with E-state index in [1.54, 1.807) is 18.1 Å². The van der Waals surface area contributed by atoms with Gasteiger partial charge in [0.1, 0.15) is 15.6 Å². The van der Waals surface area contributed by atoms with Crippen LogP contribution in [-0.2, 0) is 14.4 Å². The fourth-order valence-corrected chi connectivity index (χ4v) is 5.50. The lowest BCUT2D eigenvalue weighted by Crippen LogP contribution is -2.42. The summed E-state index contributed by atoms with van der Waals surface area (Å²) in [6, 6.07) is 14.8. The van der Waals surface area contributed by atoms with Crippen LogP contribution in [0.15, 0.2) is 63.1 Å². The zero-order chi connectivity index (χ0) is 26.9. The van der Waals surface area contributed by atoms with Gasteiger partial charge in [0.25, 0.3) is 11.1 Å². The van der Waals surface area contributed by atoms with E-state index in [1.165, 1.54) is 11.8 Å². The van der Waals surface area contributed by atoms with Crippen molar-refractivity contribution < 1.29 is 23.5 Å². The molecule has 1 fully saturated rings. The number of thiocarbonyl (C=S) groups is 1. The molecule has 2 N–H and O–H groups in total. The molecule has 38 heavy (non-hydrogen) atoms. The van der Waals surface area contributed by atoms with Crippen molar-refractivity contribution in [3.8, 4) is 5.75 Å². The number of carbonyl (C=O) groups is 3. The first-order valence-electron chi connectivity index (χ1n) is 11.9. The molecule has 0 bridgehead atoms. The summed E-state index contributed by atoms with van der Waals surface area (Å²) >= 11 is 7.83. The number of methoxy groups -OCH3 is 1. The predicted molar refractivity (Wildman–Crippen MR) is 152 cm³/mol. The summed E-state index contributed by atoms with van der Waals surface area (Å²) in [5, 5.41) is 0.394. The van der Waals surface area contributed by atoms with Gasteiger partial charge in [-0.15, -0.1) is 0 Å². The largest absolute Gasteiger partial charge is 0.497 e. The van der Waals surface area contributed by atoms with Gasteiger partial charge in [0, 0.05) is 13.0 Å². The van der Waals surface area contributed by atoms with Crippen LogP contribution in [0, 0.1) is 0 Å². The number of unbranched alkanes of at least 4 members (excludes halogenated alkanes) is 2. The monoisotopic (exact) mass is 570 g/mol. The van der Waals surface area contributed by atoms with Crippen LogP contribution in [-0.4, -0.2) is 51.3 Å². The van der Waals surface area contributed by atoms with Crippen LogP contribution < -0.4 is 15.6 Å². The molecular weight excluding hydrogens is 545 g/mol. The zero-order valence-electron chi connectivity index (χ0n) is 20.6. The third kappa shape index (κ3) is 7.59. The Kier molecular flexibility index (Phi) is 9.79. The van der Waals surface area contributed by atoms with E-state index in [1.807, 2.05) is 48.5 Å². The second-order valence-corrected chi connectivity index (χ2v) is 10.9. The number of rotatable bonds is 11. The van der Waals surface area contributed by atoms with Crippen LogP contribution in [0.4, 0.5) is 0 Å². The number of amides is 3. The highest BCUT2D eigenvalue weighted by molar-refractivity contribution is 8.26. The zero-order valence-corrected chi connectivity index (χ0v) is 23.0. The number of oxazole rings is 1. The molecule has 9 nitrogen and oxygen atoms in total. The van der Waals surface area contributed by atoms with Crippen molar-refractivity contribution in [3.05, 3.63) is 59.0 Å². The molecule has 3 aromatic rings. The molecular formula is C26H26N4O5S3. The van der Waals surface area contributed by atoms with Crippen LogP contribution in [0.25, 0.3) is 17.2 Å². The Balaban J connectivity index is 1.10. The minimum Gasteiger partial charge on any atom is -0.497 e. The van der Waals surface area contributed by atoms with Gasteiger partial charge in [0.2, 0.25) is 11.8 Å². The number of thioether (sulfide) groups is 2. The van der Waals surface area contributed by atoms with Gasteiger partial charge >= 0.3 is 0 Å². The standard InChI is InChI=1S/C26H26N4O5S3/c1-34-18-12-10-17(11-13-18)15-21-24(33)30(26(36)38-21)14-6-2-3-9-22(31)28-29-23(32)16-37-25-27-19-7-4-5-8-20(19)35-25/h4-5,7-8,10-13,15H,2-3,6,9,14,16H2,1H3,(H,28,31)(H,29,32). The van der Waals surface area contributed by atoms with E-state index in [-0.39, 0.29) is 29.9 Å². The fourth-order valence-electron chi connectivity index (χ4n) is 3.55. The van der Waals surface area contributed by atoms with Gasteiger partial charge in [-0.2, -0.15) is 0 Å². The lowest BCUT2D eigenvalue weighted by molar-refractivity contribution is -0.127. The van der Waals surface area contributed by atoms with Crippen LogP contribution in [0.3, 0.4) is 0 Å². The highest BCUT2D eigenvalue weighted by atomic mass is 32.2. The molecule has 1 aliphatic heterocycles. The first kappa shape index (κ1) is 27.7. The molecule has 1 aromatic heterocycles.